The summed E-state index contributed by atoms with van der Waals surface area (Å²) in [6.07, 6.45) is 7.96. The molecule has 2 rings (SSSR count). The second-order valence-corrected chi connectivity index (χ2v) is 8.70. The Labute approximate surface area is 133 Å². The SMILES string of the molecule is CCOC1CC(NC(=O)CN(C)S(C)(=O)=O)C12CCCCC2. The molecular weight excluding hydrogens is 304 g/mol. The molecule has 0 radical (unpaired) electrons. The third-order valence-corrected chi connectivity index (χ3v) is 6.47. The minimum absolute atomic E-state index is 0.0631. The van der Waals surface area contributed by atoms with E-state index in [0.29, 0.717) is 6.61 Å². The molecule has 0 aromatic rings. The summed E-state index contributed by atoms with van der Waals surface area (Å²) < 4.78 is 29.7. The van der Waals surface area contributed by atoms with Crippen LogP contribution in [0.15, 0.2) is 0 Å². The monoisotopic (exact) mass is 332 g/mol. The maximum Gasteiger partial charge on any atom is 0.235 e. The number of rotatable bonds is 6. The van der Waals surface area contributed by atoms with Gasteiger partial charge in [0, 0.05) is 25.1 Å². The van der Waals surface area contributed by atoms with Gasteiger partial charge in [0.2, 0.25) is 15.9 Å². The van der Waals surface area contributed by atoms with E-state index < -0.39 is 10.0 Å². The van der Waals surface area contributed by atoms with Crippen LogP contribution >= 0.6 is 0 Å². The van der Waals surface area contributed by atoms with Crippen molar-refractivity contribution in [2.24, 2.45) is 5.41 Å². The molecule has 1 spiro atoms. The molecule has 0 aromatic heterocycles. The molecule has 1 N–H and O–H groups in total. The van der Waals surface area contributed by atoms with Gasteiger partial charge < -0.3 is 10.1 Å². The fraction of sp³-hybridized carbons (Fsp3) is 0.933. The van der Waals surface area contributed by atoms with Crippen LogP contribution in [0.4, 0.5) is 0 Å². The summed E-state index contributed by atoms with van der Waals surface area (Å²) in [5.41, 5.74) is 0.0631. The first kappa shape index (κ1) is 17.7. The predicted octanol–water partition coefficient (Wildman–Crippen LogP) is 1.12. The summed E-state index contributed by atoms with van der Waals surface area (Å²) in [7, 11) is -1.90. The average Bonchev–Trinajstić information content (AvgIpc) is 2.46. The molecule has 0 saturated heterocycles. The lowest BCUT2D eigenvalue weighted by molar-refractivity contribution is -0.157. The molecule has 1 amide bonds. The summed E-state index contributed by atoms with van der Waals surface area (Å²) in [6.45, 7) is 2.58. The van der Waals surface area contributed by atoms with E-state index in [2.05, 4.69) is 5.32 Å². The van der Waals surface area contributed by atoms with Gasteiger partial charge in [-0.2, -0.15) is 4.31 Å². The normalized spacial score (nSPS) is 27.6. The highest BCUT2D eigenvalue weighted by molar-refractivity contribution is 7.88. The first-order chi connectivity index (χ1) is 10.3. The summed E-state index contributed by atoms with van der Waals surface area (Å²) >= 11 is 0. The van der Waals surface area contributed by atoms with Crippen LogP contribution in [0.25, 0.3) is 0 Å². The lowest BCUT2D eigenvalue weighted by atomic mass is 9.55. The Morgan fingerprint density at radius 2 is 1.95 bits per heavy atom. The number of hydrogen-bond donors (Lipinski definition) is 1. The van der Waals surface area contributed by atoms with Gasteiger partial charge in [0.05, 0.1) is 18.9 Å². The molecule has 2 atom stereocenters. The third-order valence-electron chi connectivity index (χ3n) is 5.20. The number of amides is 1. The Morgan fingerprint density at radius 1 is 1.32 bits per heavy atom. The van der Waals surface area contributed by atoms with Crippen molar-refractivity contribution in [1.82, 2.24) is 9.62 Å². The predicted molar refractivity (Wildman–Crippen MR) is 85.0 cm³/mol. The Hall–Kier alpha value is -0.660. The van der Waals surface area contributed by atoms with Crippen LogP contribution in [-0.2, 0) is 19.6 Å². The second-order valence-electron chi connectivity index (χ2n) is 6.61. The Bertz CT molecular complexity index is 500. The maximum absolute atomic E-state index is 12.1. The highest BCUT2D eigenvalue weighted by atomic mass is 32.2. The van der Waals surface area contributed by atoms with Gasteiger partial charge in [-0.15, -0.1) is 0 Å². The summed E-state index contributed by atoms with van der Waals surface area (Å²) in [5, 5.41) is 3.04. The standard InChI is InChI=1S/C15H28N2O4S/c1-4-21-13-10-12(15(13)8-6-5-7-9-15)16-14(18)11-17(2)22(3,19)20/h12-13H,4-11H2,1-3H3,(H,16,18). The number of carbonyl (C=O) groups excluding carboxylic acids is 1. The molecule has 0 bridgehead atoms. The topological polar surface area (TPSA) is 75.7 Å². The number of hydrogen-bond acceptors (Lipinski definition) is 4. The molecule has 6 nitrogen and oxygen atoms in total. The largest absolute Gasteiger partial charge is 0.378 e. The minimum atomic E-state index is -3.33. The average molecular weight is 332 g/mol. The molecule has 2 fully saturated rings. The fourth-order valence-corrected chi connectivity index (χ4v) is 4.18. The lowest BCUT2D eigenvalue weighted by Gasteiger charge is -2.57. The van der Waals surface area contributed by atoms with Gasteiger partial charge >= 0.3 is 0 Å². The van der Waals surface area contributed by atoms with Gasteiger partial charge in [-0.05, 0) is 26.2 Å². The van der Waals surface area contributed by atoms with E-state index in [0.717, 1.165) is 29.8 Å². The molecule has 2 aliphatic rings. The highest BCUT2D eigenvalue weighted by Crippen LogP contribution is 2.53. The van der Waals surface area contributed by atoms with Gasteiger partial charge in [-0.1, -0.05) is 19.3 Å². The Kier molecular flexibility index (Phi) is 5.50. The maximum atomic E-state index is 12.1. The number of nitrogens with zero attached hydrogens (tertiary/aromatic N) is 1. The molecule has 2 saturated carbocycles. The van der Waals surface area contributed by atoms with Crippen molar-refractivity contribution in [2.45, 2.75) is 57.6 Å². The van der Waals surface area contributed by atoms with Crippen molar-refractivity contribution in [2.75, 3.05) is 26.5 Å². The van der Waals surface area contributed by atoms with Crippen LogP contribution in [0.5, 0.6) is 0 Å². The van der Waals surface area contributed by atoms with Gasteiger partial charge in [-0.25, -0.2) is 8.42 Å². The summed E-state index contributed by atoms with van der Waals surface area (Å²) in [6, 6.07) is 0.116. The van der Waals surface area contributed by atoms with E-state index in [4.69, 9.17) is 4.74 Å². The molecule has 0 heterocycles. The smallest absolute Gasteiger partial charge is 0.235 e. The van der Waals surface area contributed by atoms with Crippen molar-refractivity contribution in [3.05, 3.63) is 0 Å². The quantitative estimate of drug-likeness (QED) is 0.791. The van der Waals surface area contributed by atoms with Crippen LogP contribution < -0.4 is 5.32 Å². The number of ether oxygens (including phenoxy) is 1. The second kappa shape index (κ2) is 6.84. The van der Waals surface area contributed by atoms with Crippen LogP contribution in [0, 0.1) is 5.41 Å². The zero-order valence-corrected chi connectivity index (χ0v) is 14.6. The lowest BCUT2D eigenvalue weighted by Crippen LogP contribution is -2.66. The molecule has 128 valence electrons. The molecule has 0 aliphatic heterocycles. The van der Waals surface area contributed by atoms with Crippen molar-refractivity contribution >= 4 is 15.9 Å². The van der Waals surface area contributed by atoms with Crippen LogP contribution in [0.2, 0.25) is 0 Å². The van der Waals surface area contributed by atoms with Gasteiger partial charge in [0.25, 0.3) is 0 Å². The summed E-state index contributed by atoms with van der Waals surface area (Å²) in [4.78, 5) is 12.1. The number of nitrogens with one attached hydrogen (secondary N) is 1. The molecule has 7 heteroatoms. The van der Waals surface area contributed by atoms with E-state index in [1.54, 1.807) is 0 Å². The number of likely N-dealkylation sites (N-methyl/N-ethyl adjacent to an activating group) is 1. The zero-order valence-electron chi connectivity index (χ0n) is 13.8. The number of sulfonamides is 1. The zero-order chi connectivity index (χ0) is 16.4. The van der Waals surface area contributed by atoms with E-state index in [-0.39, 0.29) is 30.0 Å². The van der Waals surface area contributed by atoms with E-state index in [9.17, 15) is 13.2 Å². The Morgan fingerprint density at radius 3 is 2.50 bits per heavy atom. The van der Waals surface area contributed by atoms with Gasteiger partial charge in [0.1, 0.15) is 0 Å². The van der Waals surface area contributed by atoms with Gasteiger partial charge in [-0.3, -0.25) is 4.79 Å². The van der Waals surface area contributed by atoms with Crippen LogP contribution in [0.3, 0.4) is 0 Å². The Balaban J connectivity index is 1.96. The van der Waals surface area contributed by atoms with Gasteiger partial charge in [0.15, 0.2) is 0 Å². The first-order valence-electron chi connectivity index (χ1n) is 8.12. The van der Waals surface area contributed by atoms with Crippen LogP contribution in [-0.4, -0.2) is 57.2 Å². The number of carbonyl (C=O) groups is 1. The molecule has 0 aromatic carbocycles. The van der Waals surface area contributed by atoms with Crippen LogP contribution in [0.1, 0.15) is 45.4 Å². The van der Waals surface area contributed by atoms with E-state index in [1.165, 1.54) is 26.3 Å². The van der Waals surface area contributed by atoms with E-state index in [1.807, 2.05) is 6.92 Å². The third kappa shape index (κ3) is 3.63. The summed E-state index contributed by atoms with van der Waals surface area (Å²) in [5.74, 6) is -0.224. The molecule has 2 aliphatic carbocycles. The molecule has 22 heavy (non-hydrogen) atoms. The van der Waals surface area contributed by atoms with E-state index >= 15 is 0 Å². The minimum Gasteiger partial charge on any atom is -0.378 e. The highest BCUT2D eigenvalue weighted by Gasteiger charge is 2.56. The molecule has 2 unspecified atom stereocenters. The van der Waals surface area contributed by atoms with Crippen molar-refractivity contribution in [3.8, 4) is 0 Å². The van der Waals surface area contributed by atoms with Crippen molar-refractivity contribution < 1.29 is 17.9 Å². The molecular formula is C15H28N2O4S. The first-order valence-corrected chi connectivity index (χ1v) is 9.96. The van der Waals surface area contributed by atoms with Crippen molar-refractivity contribution in [1.29, 1.82) is 0 Å². The van der Waals surface area contributed by atoms with Crippen molar-refractivity contribution in [3.63, 3.8) is 0 Å². The fourth-order valence-electron chi connectivity index (χ4n) is 3.83.